The summed E-state index contributed by atoms with van der Waals surface area (Å²) in [6.45, 7) is 0. The zero-order valence-electron chi connectivity index (χ0n) is 7.62. The van der Waals surface area contributed by atoms with Crippen LogP contribution in [0.5, 0.6) is 0 Å². The second-order valence-corrected chi connectivity index (χ2v) is 3.23. The minimum absolute atomic E-state index is 0.0864. The fraction of sp³-hybridized carbons (Fsp3) is 0.111. The largest absolute Gasteiger partial charge is 0.426 e. The highest BCUT2D eigenvalue weighted by Gasteiger charge is 2.30. The van der Waals surface area contributed by atoms with Gasteiger partial charge >= 0.3 is 6.18 Å². The topological polar surface area (TPSA) is 38.9 Å². The number of hydrogen-bond acceptors (Lipinski definition) is 3. The Morgan fingerprint density at radius 2 is 1.88 bits per heavy atom. The van der Waals surface area contributed by atoms with Crippen LogP contribution in [0.3, 0.4) is 0 Å². The number of rotatable bonds is 1. The van der Waals surface area contributed by atoms with Crippen molar-refractivity contribution in [3.8, 4) is 11.5 Å². The van der Waals surface area contributed by atoms with Gasteiger partial charge in [0, 0.05) is 6.20 Å². The Hall–Kier alpha value is -1.56. The molecular weight excluding hydrogens is 245 g/mol. The van der Waals surface area contributed by atoms with Crippen LogP contribution in [-0.4, -0.2) is 9.97 Å². The van der Waals surface area contributed by atoms with E-state index >= 15 is 0 Å². The molecule has 0 aliphatic rings. The molecule has 0 aliphatic carbocycles. The molecule has 0 N–H and O–H groups in total. The molecule has 2 aromatic heterocycles. The second kappa shape index (κ2) is 3.79. The zero-order chi connectivity index (χ0) is 11.8. The molecule has 0 bridgehead atoms. The maximum atomic E-state index is 12.2. The Balaban J connectivity index is 2.33. The van der Waals surface area contributed by atoms with E-state index in [9.17, 15) is 13.2 Å². The first kappa shape index (κ1) is 10.9. The molecule has 0 spiro atoms. The fourth-order valence-corrected chi connectivity index (χ4v) is 1.21. The smallest absolute Gasteiger partial charge is 0.417 e. The van der Waals surface area contributed by atoms with Crippen LogP contribution >= 0.6 is 11.6 Å². The quantitative estimate of drug-likeness (QED) is 0.776. The molecule has 0 aliphatic heterocycles. The third-order valence-electron chi connectivity index (χ3n) is 1.82. The maximum absolute atomic E-state index is 12.2. The van der Waals surface area contributed by atoms with E-state index in [-0.39, 0.29) is 16.8 Å². The molecule has 0 fully saturated rings. The molecule has 0 radical (unpaired) electrons. The Labute approximate surface area is 92.9 Å². The van der Waals surface area contributed by atoms with E-state index in [1.165, 1.54) is 12.3 Å². The monoisotopic (exact) mass is 248 g/mol. The van der Waals surface area contributed by atoms with E-state index in [0.29, 0.717) is 0 Å². The van der Waals surface area contributed by atoms with Crippen molar-refractivity contribution in [2.24, 2.45) is 0 Å². The predicted molar refractivity (Wildman–Crippen MR) is 49.7 cm³/mol. The Morgan fingerprint density at radius 3 is 2.31 bits per heavy atom. The van der Waals surface area contributed by atoms with Crippen molar-refractivity contribution in [3.63, 3.8) is 0 Å². The minimum Gasteiger partial charge on any atom is -0.426 e. The lowest BCUT2D eigenvalue weighted by Crippen LogP contribution is -2.05. The predicted octanol–water partition coefficient (Wildman–Crippen LogP) is 3.41. The van der Waals surface area contributed by atoms with Gasteiger partial charge in [-0.15, -0.1) is 0 Å². The van der Waals surface area contributed by atoms with Gasteiger partial charge in [0.1, 0.15) is 5.69 Å². The van der Waals surface area contributed by atoms with Gasteiger partial charge < -0.3 is 4.42 Å². The Morgan fingerprint density at radius 1 is 1.12 bits per heavy atom. The summed E-state index contributed by atoms with van der Waals surface area (Å²) in [7, 11) is 0. The van der Waals surface area contributed by atoms with Crippen molar-refractivity contribution in [2.75, 3.05) is 0 Å². The van der Waals surface area contributed by atoms with Crippen LogP contribution in [0, 0.1) is 0 Å². The summed E-state index contributed by atoms with van der Waals surface area (Å²) in [5.41, 5.74) is -0.575. The molecule has 2 heterocycles. The molecule has 0 aromatic carbocycles. The molecule has 0 unspecified atom stereocenters. The molecular formula is C9H4ClF3N2O. The normalized spacial score (nSPS) is 11.8. The molecule has 2 rings (SSSR count). The zero-order valence-corrected chi connectivity index (χ0v) is 8.38. The van der Waals surface area contributed by atoms with Crippen molar-refractivity contribution < 1.29 is 17.6 Å². The van der Waals surface area contributed by atoms with Crippen molar-refractivity contribution >= 4 is 11.6 Å². The van der Waals surface area contributed by atoms with Gasteiger partial charge in [-0.05, 0) is 23.7 Å². The van der Waals surface area contributed by atoms with E-state index in [4.69, 9.17) is 16.0 Å². The summed E-state index contributed by atoms with van der Waals surface area (Å²) in [5, 5.41) is -0.0864. The molecule has 3 nitrogen and oxygen atoms in total. The Bertz CT molecular complexity index is 492. The summed E-state index contributed by atoms with van der Waals surface area (Å²) in [5.74, 6) is 0.221. The fourth-order valence-electron chi connectivity index (χ4n) is 1.08. The number of hydrogen-bond donors (Lipinski definition) is 0. The summed E-state index contributed by atoms with van der Waals surface area (Å²) >= 11 is 5.43. The van der Waals surface area contributed by atoms with Crippen molar-refractivity contribution in [3.05, 3.63) is 35.4 Å². The molecule has 0 atom stereocenters. The molecule has 0 amide bonds. The lowest BCUT2D eigenvalue weighted by molar-refractivity contribution is -0.137. The standard InChI is InChI=1S/C9H4ClF3N2O/c10-8-15-4-7(16-8)6-2-1-5(3-14-6)9(11,12)13/h1-4H. The molecule has 7 heteroatoms. The average Bonchev–Trinajstić information content (AvgIpc) is 2.64. The number of halogens is 4. The number of oxazole rings is 1. The lowest BCUT2D eigenvalue weighted by Gasteiger charge is -2.05. The van der Waals surface area contributed by atoms with E-state index < -0.39 is 11.7 Å². The molecule has 16 heavy (non-hydrogen) atoms. The van der Waals surface area contributed by atoms with Crippen LogP contribution in [0.4, 0.5) is 13.2 Å². The first-order valence-electron chi connectivity index (χ1n) is 4.12. The summed E-state index contributed by atoms with van der Waals surface area (Å²) in [4.78, 5) is 7.22. The first-order valence-corrected chi connectivity index (χ1v) is 4.49. The number of alkyl halides is 3. The lowest BCUT2D eigenvalue weighted by atomic mass is 10.2. The highest BCUT2D eigenvalue weighted by Crippen LogP contribution is 2.29. The number of aromatic nitrogens is 2. The van der Waals surface area contributed by atoms with Gasteiger partial charge in [-0.25, -0.2) is 4.98 Å². The van der Waals surface area contributed by atoms with Crippen LogP contribution in [-0.2, 0) is 6.18 Å². The second-order valence-electron chi connectivity index (χ2n) is 2.91. The van der Waals surface area contributed by atoms with Crippen molar-refractivity contribution in [2.45, 2.75) is 6.18 Å². The van der Waals surface area contributed by atoms with Gasteiger partial charge in [0.2, 0.25) is 0 Å². The molecule has 2 aromatic rings. The van der Waals surface area contributed by atoms with E-state index in [1.54, 1.807) is 0 Å². The third kappa shape index (κ3) is 2.16. The van der Waals surface area contributed by atoms with Crippen LogP contribution in [0.1, 0.15) is 5.56 Å². The molecule has 0 saturated carbocycles. The summed E-state index contributed by atoms with van der Waals surface area (Å²) in [6.07, 6.45) is -2.38. The van der Waals surface area contributed by atoms with Gasteiger partial charge in [0.15, 0.2) is 5.76 Å². The number of nitrogens with zero attached hydrogens (tertiary/aromatic N) is 2. The van der Waals surface area contributed by atoms with E-state index in [0.717, 1.165) is 12.3 Å². The van der Waals surface area contributed by atoms with Gasteiger partial charge in [-0.2, -0.15) is 13.2 Å². The Kier molecular flexibility index (Phi) is 2.59. The van der Waals surface area contributed by atoms with E-state index in [1.807, 2.05) is 0 Å². The van der Waals surface area contributed by atoms with Gasteiger partial charge in [0.05, 0.1) is 11.8 Å². The molecule has 0 saturated heterocycles. The van der Waals surface area contributed by atoms with Crippen LogP contribution < -0.4 is 0 Å². The maximum Gasteiger partial charge on any atom is 0.417 e. The van der Waals surface area contributed by atoms with Crippen LogP contribution in [0.15, 0.2) is 28.9 Å². The van der Waals surface area contributed by atoms with Crippen LogP contribution in [0.25, 0.3) is 11.5 Å². The average molecular weight is 249 g/mol. The SMILES string of the molecule is FC(F)(F)c1ccc(-c2cnc(Cl)o2)nc1. The van der Waals surface area contributed by atoms with Crippen LogP contribution in [0.2, 0.25) is 5.35 Å². The summed E-state index contributed by atoms with van der Waals surface area (Å²) in [6, 6.07) is 2.11. The van der Waals surface area contributed by atoms with Gasteiger partial charge in [-0.1, -0.05) is 0 Å². The first-order chi connectivity index (χ1) is 7.47. The van der Waals surface area contributed by atoms with Gasteiger partial charge in [0.25, 0.3) is 5.35 Å². The van der Waals surface area contributed by atoms with Crippen molar-refractivity contribution in [1.29, 1.82) is 0 Å². The molecule has 84 valence electrons. The highest BCUT2D eigenvalue weighted by molar-refractivity contribution is 6.27. The highest BCUT2D eigenvalue weighted by atomic mass is 35.5. The minimum atomic E-state index is -4.40. The number of pyridine rings is 1. The third-order valence-corrected chi connectivity index (χ3v) is 2.00. The van der Waals surface area contributed by atoms with E-state index in [2.05, 4.69) is 9.97 Å². The summed E-state index contributed by atoms with van der Waals surface area (Å²) < 4.78 is 41.6. The van der Waals surface area contributed by atoms with Crippen molar-refractivity contribution in [1.82, 2.24) is 9.97 Å². The van der Waals surface area contributed by atoms with Gasteiger partial charge in [-0.3, -0.25) is 4.98 Å².